The van der Waals surface area contributed by atoms with Gasteiger partial charge in [0, 0.05) is 26.1 Å². The van der Waals surface area contributed by atoms with Crippen molar-refractivity contribution in [1.82, 2.24) is 4.90 Å². The van der Waals surface area contributed by atoms with E-state index in [4.69, 9.17) is 0 Å². The van der Waals surface area contributed by atoms with Crippen molar-refractivity contribution in [2.75, 3.05) is 7.05 Å². The Bertz CT molecular complexity index is 463. The highest BCUT2D eigenvalue weighted by Gasteiger charge is 2.49. The molecule has 17 heavy (non-hydrogen) atoms. The summed E-state index contributed by atoms with van der Waals surface area (Å²) < 4.78 is 0. The number of hydrogen-bond donors (Lipinski definition) is 0. The highest BCUT2D eigenvalue weighted by Crippen LogP contribution is 2.50. The van der Waals surface area contributed by atoms with Crippen LogP contribution in [0.4, 0.5) is 5.69 Å². The van der Waals surface area contributed by atoms with E-state index in [-0.39, 0.29) is 17.1 Å². The normalized spacial score (nSPS) is 16.4. The molecular weight excluding hydrogens is 220 g/mol. The van der Waals surface area contributed by atoms with E-state index in [0.717, 1.165) is 18.4 Å². The van der Waals surface area contributed by atoms with Crippen LogP contribution in [0, 0.1) is 10.1 Å². The largest absolute Gasteiger partial charge is 0.336 e. The zero-order chi connectivity index (χ0) is 12.6. The quantitative estimate of drug-likeness (QED) is 0.594. The Balaban J connectivity index is 2.29. The second-order valence-corrected chi connectivity index (χ2v) is 4.41. The highest BCUT2D eigenvalue weighted by atomic mass is 16.6. The summed E-state index contributed by atoms with van der Waals surface area (Å²) in [6.45, 7) is 1.53. The molecule has 5 nitrogen and oxygen atoms in total. The number of carbonyl (C=O) groups is 1. The predicted octanol–water partition coefficient (Wildman–Crippen LogP) is 2.06. The Hall–Kier alpha value is -1.91. The van der Waals surface area contributed by atoms with Crippen LogP contribution in [0.15, 0.2) is 24.3 Å². The van der Waals surface area contributed by atoms with Gasteiger partial charge in [0.25, 0.3) is 5.69 Å². The minimum atomic E-state index is -0.419. The van der Waals surface area contributed by atoms with Gasteiger partial charge >= 0.3 is 0 Å². The maximum atomic E-state index is 11.4. The average Bonchev–Trinajstić information content (AvgIpc) is 3.09. The average molecular weight is 234 g/mol. The van der Waals surface area contributed by atoms with Gasteiger partial charge in [0.15, 0.2) is 0 Å². The second-order valence-electron chi connectivity index (χ2n) is 4.41. The molecule has 0 aromatic heterocycles. The van der Waals surface area contributed by atoms with E-state index >= 15 is 0 Å². The van der Waals surface area contributed by atoms with Crippen molar-refractivity contribution in [3.8, 4) is 0 Å². The number of nitro benzene ring substituents is 1. The predicted molar refractivity (Wildman–Crippen MR) is 62.5 cm³/mol. The molecule has 0 N–H and O–H groups in total. The topological polar surface area (TPSA) is 63.5 Å². The molecule has 0 unspecified atom stereocenters. The van der Waals surface area contributed by atoms with Crippen molar-refractivity contribution in [3.63, 3.8) is 0 Å². The Morgan fingerprint density at radius 1 is 1.35 bits per heavy atom. The third kappa shape index (κ3) is 1.88. The Labute approximate surface area is 99.2 Å². The van der Waals surface area contributed by atoms with Crippen LogP contribution in [-0.2, 0) is 10.3 Å². The molecule has 0 atom stereocenters. The van der Waals surface area contributed by atoms with E-state index < -0.39 is 4.92 Å². The molecule has 0 spiro atoms. The first-order chi connectivity index (χ1) is 7.97. The fourth-order valence-corrected chi connectivity index (χ4v) is 2.13. The summed E-state index contributed by atoms with van der Waals surface area (Å²) in [5.74, 6) is 0.0147. The van der Waals surface area contributed by atoms with Gasteiger partial charge in [-0.3, -0.25) is 14.9 Å². The number of benzene rings is 1. The Kier molecular flexibility index (Phi) is 2.61. The van der Waals surface area contributed by atoms with Gasteiger partial charge in [0.2, 0.25) is 5.91 Å². The van der Waals surface area contributed by atoms with E-state index in [2.05, 4.69) is 0 Å². The molecule has 1 aromatic carbocycles. The third-order valence-electron chi connectivity index (χ3n) is 3.45. The molecular formula is C12H14N2O3. The molecule has 5 heteroatoms. The number of nitro groups is 1. The smallest absolute Gasteiger partial charge is 0.269 e. The van der Waals surface area contributed by atoms with Crippen LogP contribution in [0.2, 0.25) is 0 Å². The molecule has 1 fully saturated rings. The first-order valence-electron chi connectivity index (χ1n) is 5.47. The van der Waals surface area contributed by atoms with E-state index in [9.17, 15) is 14.9 Å². The van der Waals surface area contributed by atoms with Gasteiger partial charge in [-0.05, 0) is 30.5 Å². The summed E-state index contributed by atoms with van der Waals surface area (Å²) in [5.41, 5.74) is 0.817. The van der Waals surface area contributed by atoms with E-state index in [1.54, 1.807) is 24.1 Å². The first-order valence-corrected chi connectivity index (χ1v) is 5.47. The van der Waals surface area contributed by atoms with E-state index in [1.807, 2.05) is 0 Å². The second kappa shape index (κ2) is 3.84. The number of carbonyl (C=O) groups excluding carboxylic acids is 1. The van der Waals surface area contributed by atoms with Crippen LogP contribution in [0.1, 0.15) is 25.3 Å². The lowest BCUT2D eigenvalue weighted by Crippen LogP contribution is -2.35. The number of nitrogens with zero attached hydrogens (tertiary/aromatic N) is 2. The van der Waals surface area contributed by atoms with Gasteiger partial charge in [0.1, 0.15) is 0 Å². The maximum absolute atomic E-state index is 11.4. The molecule has 0 radical (unpaired) electrons. The van der Waals surface area contributed by atoms with Crippen LogP contribution in [0.5, 0.6) is 0 Å². The van der Waals surface area contributed by atoms with Gasteiger partial charge < -0.3 is 4.90 Å². The van der Waals surface area contributed by atoms with Crippen LogP contribution in [0.25, 0.3) is 0 Å². The molecule has 0 saturated heterocycles. The molecule has 1 aliphatic rings. The van der Waals surface area contributed by atoms with Crippen molar-refractivity contribution in [2.24, 2.45) is 0 Å². The molecule has 90 valence electrons. The minimum Gasteiger partial charge on any atom is -0.336 e. The van der Waals surface area contributed by atoms with Crippen LogP contribution >= 0.6 is 0 Å². The molecule has 1 aliphatic carbocycles. The summed E-state index contributed by atoms with van der Waals surface area (Å²) in [4.78, 5) is 23.3. The van der Waals surface area contributed by atoms with Crippen molar-refractivity contribution in [1.29, 1.82) is 0 Å². The Morgan fingerprint density at radius 3 is 2.24 bits per heavy atom. The van der Waals surface area contributed by atoms with Crippen LogP contribution < -0.4 is 0 Å². The monoisotopic (exact) mass is 234 g/mol. The zero-order valence-electron chi connectivity index (χ0n) is 9.84. The molecule has 0 heterocycles. The van der Waals surface area contributed by atoms with Crippen LogP contribution in [0.3, 0.4) is 0 Å². The van der Waals surface area contributed by atoms with Gasteiger partial charge in [-0.1, -0.05) is 0 Å². The third-order valence-corrected chi connectivity index (χ3v) is 3.45. The number of non-ortho nitro benzene ring substituents is 1. The standard InChI is InChI=1S/C12H14N2O3/c1-9(15)13(2)12(7-8-12)10-3-5-11(6-4-10)14(16)17/h3-6H,7-8H2,1-2H3. The molecule has 1 amide bonds. The maximum Gasteiger partial charge on any atom is 0.269 e. The molecule has 0 bridgehead atoms. The van der Waals surface area contributed by atoms with Gasteiger partial charge in [0.05, 0.1) is 10.5 Å². The van der Waals surface area contributed by atoms with E-state index in [1.165, 1.54) is 19.1 Å². The molecule has 1 saturated carbocycles. The minimum absolute atomic E-state index is 0.0147. The molecule has 0 aliphatic heterocycles. The SMILES string of the molecule is CC(=O)N(C)C1(c2ccc([N+](=O)[O-])cc2)CC1. The first kappa shape index (κ1) is 11.6. The Morgan fingerprint density at radius 2 is 1.88 bits per heavy atom. The zero-order valence-corrected chi connectivity index (χ0v) is 9.84. The fraction of sp³-hybridized carbons (Fsp3) is 0.417. The summed E-state index contributed by atoms with van der Waals surface area (Å²) >= 11 is 0. The number of hydrogen-bond acceptors (Lipinski definition) is 3. The van der Waals surface area contributed by atoms with Gasteiger partial charge in [-0.2, -0.15) is 0 Å². The van der Waals surface area contributed by atoms with Crippen molar-refractivity contribution >= 4 is 11.6 Å². The summed E-state index contributed by atoms with van der Waals surface area (Å²) in [6.07, 6.45) is 1.84. The molecule has 1 aromatic rings. The molecule has 2 rings (SSSR count). The van der Waals surface area contributed by atoms with Crippen LogP contribution in [-0.4, -0.2) is 22.8 Å². The van der Waals surface area contributed by atoms with E-state index in [0.29, 0.717) is 0 Å². The van der Waals surface area contributed by atoms with Crippen molar-refractivity contribution < 1.29 is 9.72 Å². The number of amides is 1. The fourth-order valence-electron chi connectivity index (χ4n) is 2.13. The lowest BCUT2D eigenvalue weighted by molar-refractivity contribution is -0.384. The van der Waals surface area contributed by atoms with Crippen molar-refractivity contribution in [2.45, 2.75) is 25.3 Å². The number of rotatable bonds is 3. The van der Waals surface area contributed by atoms with Gasteiger partial charge in [-0.25, -0.2) is 0 Å². The summed E-state index contributed by atoms with van der Waals surface area (Å²) in [7, 11) is 1.77. The summed E-state index contributed by atoms with van der Waals surface area (Å²) in [6, 6.07) is 6.46. The van der Waals surface area contributed by atoms with Gasteiger partial charge in [-0.15, -0.1) is 0 Å². The lowest BCUT2D eigenvalue weighted by Gasteiger charge is -2.27. The lowest BCUT2D eigenvalue weighted by atomic mass is 10.0. The summed E-state index contributed by atoms with van der Waals surface area (Å²) in [5, 5.41) is 10.6. The highest BCUT2D eigenvalue weighted by molar-refractivity contribution is 5.74. The van der Waals surface area contributed by atoms with Crippen molar-refractivity contribution in [3.05, 3.63) is 39.9 Å².